The summed E-state index contributed by atoms with van der Waals surface area (Å²) in [5, 5.41) is 19.7. The van der Waals surface area contributed by atoms with Crippen LogP contribution in [0.4, 0.5) is 16.2 Å². The van der Waals surface area contributed by atoms with E-state index in [1.54, 1.807) is 30.5 Å². The molecule has 4 N–H and O–H groups in total. The summed E-state index contributed by atoms with van der Waals surface area (Å²) in [6.07, 6.45) is 8.91. The lowest BCUT2D eigenvalue weighted by atomic mass is 10.1. The summed E-state index contributed by atoms with van der Waals surface area (Å²) < 4.78 is 28.9. The van der Waals surface area contributed by atoms with Gasteiger partial charge in [0, 0.05) is 49.7 Å². The van der Waals surface area contributed by atoms with Crippen molar-refractivity contribution in [3.8, 4) is 51.0 Å². The number of anilines is 2. The summed E-state index contributed by atoms with van der Waals surface area (Å²) >= 11 is 0. The second-order valence-electron chi connectivity index (χ2n) is 15.6. The smallest absolute Gasteiger partial charge is 0.322 e. The molecule has 2 aliphatic heterocycles. The molecule has 8 rings (SSSR count). The number of H-pyrrole nitrogens is 2. The van der Waals surface area contributed by atoms with Crippen molar-refractivity contribution in [3.05, 3.63) is 115 Å². The monoisotopic (exact) mass is 871 g/mol. The summed E-state index contributed by atoms with van der Waals surface area (Å²) in [5.41, 5.74) is 6.06. The Morgan fingerprint density at radius 2 is 1.45 bits per heavy atom. The van der Waals surface area contributed by atoms with Gasteiger partial charge in [-0.3, -0.25) is 19.9 Å². The van der Waals surface area contributed by atoms with E-state index in [2.05, 4.69) is 35.9 Å². The molecular formula is C48H57N9O7. The number of aromatic amines is 2. The molecule has 1 fully saturated rings. The normalized spacial score (nSPS) is 14.3. The molecule has 3 amide bonds. The van der Waals surface area contributed by atoms with Crippen molar-refractivity contribution in [1.82, 2.24) is 35.1 Å². The zero-order valence-electron chi connectivity index (χ0n) is 36.8. The SMILES string of the molecule is CCN(Cc1cccc(OC)c1)C(=O)Nc1ccc(-c2cn[nH]c2)cc1OCCN1CCCC1.CN(C)CCOc1cc(-c2cn[nH]c2)ccc1NC(=O)C1COc2ccccc2O1. The van der Waals surface area contributed by atoms with Crippen LogP contribution in [0.15, 0.2) is 110 Å². The van der Waals surface area contributed by atoms with Gasteiger partial charge in [-0.15, -0.1) is 0 Å². The van der Waals surface area contributed by atoms with Crippen LogP contribution in [0.2, 0.25) is 0 Å². The number of benzene rings is 4. The van der Waals surface area contributed by atoms with Gasteiger partial charge >= 0.3 is 6.03 Å². The zero-order chi connectivity index (χ0) is 44.7. The number of urea groups is 1. The molecule has 1 atom stereocenters. The third-order valence-corrected chi connectivity index (χ3v) is 10.8. The molecule has 2 aromatic heterocycles. The van der Waals surface area contributed by atoms with E-state index in [9.17, 15) is 9.59 Å². The van der Waals surface area contributed by atoms with Crippen LogP contribution >= 0.6 is 0 Å². The van der Waals surface area contributed by atoms with Crippen LogP contribution in [-0.2, 0) is 11.3 Å². The van der Waals surface area contributed by atoms with Gasteiger partial charge in [0.1, 0.15) is 37.1 Å². The highest BCUT2D eigenvalue weighted by molar-refractivity contribution is 5.96. The highest BCUT2D eigenvalue weighted by atomic mass is 16.6. The Bertz CT molecular complexity index is 2400. The lowest BCUT2D eigenvalue weighted by molar-refractivity contribution is -0.125. The average Bonchev–Trinajstić information content (AvgIpc) is 4.15. The van der Waals surface area contributed by atoms with Crippen molar-refractivity contribution in [2.24, 2.45) is 0 Å². The Kier molecular flexibility index (Phi) is 15.7. The lowest BCUT2D eigenvalue weighted by Crippen LogP contribution is -2.40. The van der Waals surface area contributed by atoms with Crippen molar-refractivity contribution in [1.29, 1.82) is 0 Å². The third kappa shape index (κ3) is 12.3. The zero-order valence-corrected chi connectivity index (χ0v) is 36.8. The molecule has 0 aliphatic carbocycles. The summed E-state index contributed by atoms with van der Waals surface area (Å²) in [6.45, 7) is 8.09. The molecule has 4 aromatic carbocycles. The molecule has 16 nitrogen and oxygen atoms in total. The largest absolute Gasteiger partial charge is 0.497 e. The van der Waals surface area contributed by atoms with E-state index in [1.807, 2.05) is 117 Å². The summed E-state index contributed by atoms with van der Waals surface area (Å²) in [5.74, 6) is 2.92. The Hall–Kier alpha value is -7.04. The standard InChI is InChI=1S/C26H33N5O3.C22H24N4O4/c1-3-31(19-20-7-6-8-23(15-20)33-2)26(32)29-24-10-9-21(22-17-27-28-18-22)16-25(24)34-14-13-30-11-4-5-12-30;1-26(2)9-10-28-20-11-15(16-12-23-24-13-16)7-8-17(20)25-22(27)21-14-29-18-5-3-4-6-19(18)30-21/h6-10,15-18H,3-5,11-14,19H2,1-2H3,(H,27,28)(H,29,32);3-8,11-13,21H,9-10,14H2,1-2H3,(H,23,24)(H,25,27). The fourth-order valence-corrected chi connectivity index (χ4v) is 7.17. The quantitative estimate of drug-likeness (QED) is 0.0720. The number of para-hydroxylation sites is 2. The van der Waals surface area contributed by atoms with Gasteiger partial charge in [-0.2, -0.15) is 10.2 Å². The Morgan fingerprint density at radius 1 is 0.797 bits per heavy atom. The first kappa shape index (κ1) is 45.0. The predicted octanol–water partition coefficient (Wildman–Crippen LogP) is 7.41. The van der Waals surface area contributed by atoms with E-state index in [0.717, 1.165) is 59.7 Å². The van der Waals surface area contributed by atoms with E-state index in [0.29, 0.717) is 60.7 Å². The third-order valence-electron chi connectivity index (χ3n) is 10.8. The van der Waals surface area contributed by atoms with Gasteiger partial charge in [0.15, 0.2) is 11.5 Å². The lowest BCUT2D eigenvalue weighted by Gasteiger charge is -2.26. The first-order chi connectivity index (χ1) is 31.3. The highest BCUT2D eigenvalue weighted by Gasteiger charge is 2.28. The molecule has 0 saturated carbocycles. The number of ether oxygens (including phenoxy) is 5. The van der Waals surface area contributed by atoms with Crippen LogP contribution in [0.25, 0.3) is 22.3 Å². The summed E-state index contributed by atoms with van der Waals surface area (Å²) in [6, 6.07) is 26.3. The Morgan fingerprint density at radius 3 is 2.08 bits per heavy atom. The minimum Gasteiger partial charge on any atom is -0.497 e. The summed E-state index contributed by atoms with van der Waals surface area (Å²) in [7, 11) is 5.60. The van der Waals surface area contributed by atoms with Gasteiger partial charge in [-0.25, -0.2) is 4.79 Å². The van der Waals surface area contributed by atoms with Gasteiger partial charge in [0.2, 0.25) is 6.10 Å². The molecule has 4 heterocycles. The van der Waals surface area contributed by atoms with E-state index in [1.165, 1.54) is 12.8 Å². The number of fused-ring (bicyclic) bond motifs is 1. The molecule has 336 valence electrons. The maximum absolute atomic E-state index is 13.2. The Balaban J connectivity index is 0.000000193. The van der Waals surface area contributed by atoms with Gasteiger partial charge in [-0.05, 0) is 112 Å². The van der Waals surface area contributed by atoms with Crippen molar-refractivity contribution in [3.63, 3.8) is 0 Å². The van der Waals surface area contributed by atoms with Gasteiger partial charge < -0.3 is 44.1 Å². The number of amides is 3. The van der Waals surface area contributed by atoms with Crippen molar-refractivity contribution in [2.75, 3.05) is 84.4 Å². The molecule has 0 spiro atoms. The van der Waals surface area contributed by atoms with Crippen LogP contribution < -0.4 is 34.3 Å². The molecule has 1 saturated heterocycles. The van der Waals surface area contributed by atoms with Crippen LogP contribution in [0.3, 0.4) is 0 Å². The molecule has 16 heteroatoms. The van der Waals surface area contributed by atoms with Gasteiger partial charge in [0.25, 0.3) is 5.91 Å². The van der Waals surface area contributed by atoms with Crippen LogP contribution in [0, 0.1) is 0 Å². The second-order valence-corrected chi connectivity index (χ2v) is 15.6. The van der Waals surface area contributed by atoms with Crippen molar-refractivity contribution >= 4 is 23.3 Å². The number of aromatic nitrogens is 4. The fraction of sp³-hybridized carbons (Fsp3) is 0.333. The number of nitrogens with one attached hydrogen (secondary N) is 4. The molecule has 2 aliphatic rings. The second kappa shape index (κ2) is 22.4. The number of nitrogens with zero attached hydrogens (tertiary/aromatic N) is 5. The molecule has 0 radical (unpaired) electrons. The minimum atomic E-state index is -0.747. The van der Waals surface area contributed by atoms with E-state index < -0.39 is 6.10 Å². The highest BCUT2D eigenvalue weighted by Crippen LogP contribution is 2.34. The average molecular weight is 872 g/mol. The van der Waals surface area contributed by atoms with Crippen LogP contribution in [-0.4, -0.2) is 127 Å². The molecule has 6 aromatic rings. The molecule has 0 bridgehead atoms. The first-order valence-corrected chi connectivity index (χ1v) is 21.5. The minimum absolute atomic E-state index is 0.146. The number of likely N-dealkylation sites (N-methyl/N-ethyl adjacent to an activating group) is 1. The topological polar surface area (TPSA) is 171 Å². The number of methoxy groups -OCH3 is 1. The number of rotatable bonds is 17. The van der Waals surface area contributed by atoms with Gasteiger partial charge in [-0.1, -0.05) is 36.4 Å². The van der Waals surface area contributed by atoms with E-state index >= 15 is 0 Å². The Labute approximate surface area is 373 Å². The fourth-order valence-electron chi connectivity index (χ4n) is 7.17. The number of carbonyl (C=O) groups excluding carboxylic acids is 2. The first-order valence-electron chi connectivity index (χ1n) is 21.5. The molecule has 1 unspecified atom stereocenters. The molecule has 64 heavy (non-hydrogen) atoms. The number of carbonyl (C=O) groups is 2. The van der Waals surface area contributed by atoms with Crippen molar-refractivity contribution in [2.45, 2.75) is 32.4 Å². The number of hydrogen-bond acceptors (Lipinski definition) is 11. The maximum atomic E-state index is 13.2. The maximum Gasteiger partial charge on any atom is 0.322 e. The van der Waals surface area contributed by atoms with Crippen LogP contribution in [0.5, 0.6) is 28.7 Å². The summed E-state index contributed by atoms with van der Waals surface area (Å²) in [4.78, 5) is 32.2. The molecular weight excluding hydrogens is 815 g/mol. The number of likely N-dealkylation sites (tertiary alicyclic amines) is 1. The van der Waals surface area contributed by atoms with Crippen molar-refractivity contribution < 1.29 is 33.3 Å². The van der Waals surface area contributed by atoms with Crippen LogP contribution in [0.1, 0.15) is 25.3 Å². The number of hydrogen-bond donors (Lipinski definition) is 4. The van der Waals surface area contributed by atoms with E-state index in [-0.39, 0.29) is 18.5 Å². The van der Waals surface area contributed by atoms with E-state index in [4.69, 9.17) is 23.7 Å². The predicted molar refractivity (Wildman–Crippen MR) is 246 cm³/mol. The van der Waals surface area contributed by atoms with Gasteiger partial charge in [0.05, 0.1) is 30.9 Å².